The number of amides is 2. The lowest BCUT2D eigenvalue weighted by Crippen LogP contribution is -2.61. The van der Waals surface area contributed by atoms with Gasteiger partial charge in [0.1, 0.15) is 0 Å². The van der Waals surface area contributed by atoms with Crippen LogP contribution in [0.1, 0.15) is 54.4 Å². The van der Waals surface area contributed by atoms with Gasteiger partial charge in [0.25, 0.3) is 0 Å². The summed E-state index contributed by atoms with van der Waals surface area (Å²) in [5.74, 6) is -2.05. The third-order valence-electron chi connectivity index (χ3n) is 4.82. The summed E-state index contributed by atoms with van der Waals surface area (Å²) in [6.07, 6.45) is 3.06. The summed E-state index contributed by atoms with van der Waals surface area (Å²) in [6, 6.07) is 0. The molecule has 0 aromatic carbocycles. The molecule has 2 aliphatic rings. The SMILES string of the molecule is CC(C)(C)C1(O)CC=NN1C(=O)C(=O)N1N=CCC1(O)C(C)(C)C. The van der Waals surface area contributed by atoms with Gasteiger partial charge in [-0.1, -0.05) is 41.5 Å². The molecule has 24 heavy (non-hydrogen) atoms. The predicted molar refractivity (Wildman–Crippen MR) is 88.7 cm³/mol. The Labute approximate surface area is 141 Å². The van der Waals surface area contributed by atoms with Crippen LogP contribution in [0.2, 0.25) is 0 Å². The molecule has 134 valence electrons. The zero-order valence-corrected chi connectivity index (χ0v) is 15.1. The first kappa shape index (κ1) is 18.5. The highest BCUT2D eigenvalue weighted by Crippen LogP contribution is 2.41. The Morgan fingerprint density at radius 3 is 1.38 bits per heavy atom. The van der Waals surface area contributed by atoms with Crippen molar-refractivity contribution >= 4 is 24.2 Å². The van der Waals surface area contributed by atoms with Crippen molar-refractivity contribution in [3.05, 3.63) is 0 Å². The zero-order chi connectivity index (χ0) is 18.6. The molecule has 0 saturated heterocycles. The maximum absolute atomic E-state index is 12.7. The van der Waals surface area contributed by atoms with Crippen LogP contribution in [0.4, 0.5) is 0 Å². The number of aliphatic hydroxyl groups is 2. The van der Waals surface area contributed by atoms with Gasteiger partial charge in [0, 0.05) is 36.1 Å². The highest BCUT2D eigenvalue weighted by atomic mass is 16.3. The van der Waals surface area contributed by atoms with Crippen molar-refractivity contribution in [2.75, 3.05) is 0 Å². The minimum atomic E-state index is -1.61. The molecule has 2 rings (SSSR count). The second kappa shape index (κ2) is 5.35. The molecule has 2 aliphatic heterocycles. The van der Waals surface area contributed by atoms with E-state index in [1.54, 1.807) is 41.5 Å². The maximum atomic E-state index is 12.7. The molecule has 2 amide bonds. The van der Waals surface area contributed by atoms with Crippen LogP contribution in [-0.2, 0) is 9.59 Å². The van der Waals surface area contributed by atoms with Crippen LogP contribution in [-0.4, -0.2) is 55.9 Å². The fourth-order valence-corrected chi connectivity index (χ4v) is 2.73. The van der Waals surface area contributed by atoms with E-state index >= 15 is 0 Å². The number of hydrogen-bond donors (Lipinski definition) is 2. The molecule has 0 aliphatic carbocycles. The van der Waals surface area contributed by atoms with Crippen molar-refractivity contribution in [3.63, 3.8) is 0 Å². The largest absolute Gasteiger partial charge is 0.368 e. The lowest BCUT2D eigenvalue weighted by molar-refractivity contribution is -0.201. The van der Waals surface area contributed by atoms with Crippen molar-refractivity contribution in [1.29, 1.82) is 0 Å². The van der Waals surface area contributed by atoms with Crippen molar-refractivity contribution in [2.24, 2.45) is 21.0 Å². The van der Waals surface area contributed by atoms with Crippen LogP contribution < -0.4 is 0 Å². The summed E-state index contributed by atoms with van der Waals surface area (Å²) in [5, 5.41) is 31.1. The predicted octanol–water partition coefficient (Wildman–Crippen LogP) is 0.892. The standard InChI is InChI=1S/C16H26N4O4/c1-13(2,3)15(23)7-9-17-19(15)11(21)12(22)20-16(24,8-10-18-20)14(4,5)6/h9-10,23-24H,7-8H2,1-6H3. The summed E-state index contributed by atoms with van der Waals surface area (Å²) >= 11 is 0. The molecule has 2 unspecified atom stereocenters. The summed E-state index contributed by atoms with van der Waals surface area (Å²) in [4.78, 5) is 25.4. The molecule has 0 saturated carbocycles. The van der Waals surface area contributed by atoms with Gasteiger partial charge in [-0.3, -0.25) is 9.59 Å². The van der Waals surface area contributed by atoms with Crippen LogP contribution in [0.25, 0.3) is 0 Å². The molecular weight excluding hydrogens is 312 g/mol. The van der Waals surface area contributed by atoms with Crippen LogP contribution in [0.3, 0.4) is 0 Å². The number of nitrogens with zero attached hydrogens (tertiary/aromatic N) is 4. The van der Waals surface area contributed by atoms with Gasteiger partial charge in [-0.2, -0.15) is 20.2 Å². The highest BCUT2D eigenvalue weighted by molar-refractivity contribution is 6.35. The summed E-state index contributed by atoms with van der Waals surface area (Å²) in [6.45, 7) is 10.5. The van der Waals surface area contributed by atoms with Gasteiger partial charge in [-0.15, -0.1) is 0 Å². The average molecular weight is 338 g/mol. The van der Waals surface area contributed by atoms with Crippen LogP contribution in [0.15, 0.2) is 10.2 Å². The first-order chi connectivity index (χ1) is 10.8. The fraction of sp³-hybridized carbons (Fsp3) is 0.750. The summed E-state index contributed by atoms with van der Waals surface area (Å²) < 4.78 is 0. The molecule has 0 aromatic rings. The van der Waals surface area contributed by atoms with Crippen LogP contribution >= 0.6 is 0 Å². The lowest BCUT2D eigenvalue weighted by atomic mass is 9.80. The number of hydrazone groups is 2. The Hall–Kier alpha value is -1.80. The normalized spacial score (nSPS) is 30.3. The first-order valence-corrected chi connectivity index (χ1v) is 7.94. The molecule has 0 aromatic heterocycles. The third kappa shape index (κ3) is 2.53. The quantitative estimate of drug-likeness (QED) is 0.640. The number of hydrogen-bond acceptors (Lipinski definition) is 6. The first-order valence-electron chi connectivity index (χ1n) is 7.94. The van der Waals surface area contributed by atoms with E-state index in [1.165, 1.54) is 12.4 Å². The third-order valence-corrected chi connectivity index (χ3v) is 4.82. The average Bonchev–Trinajstić information content (AvgIpc) is 3.01. The Bertz CT molecular complexity index is 563. The summed E-state index contributed by atoms with van der Waals surface area (Å²) in [7, 11) is 0. The molecule has 0 spiro atoms. The molecule has 2 N–H and O–H groups in total. The van der Waals surface area contributed by atoms with E-state index in [9.17, 15) is 19.8 Å². The van der Waals surface area contributed by atoms with E-state index in [1.807, 2.05) is 0 Å². The molecule has 2 atom stereocenters. The topological polar surface area (TPSA) is 106 Å². The van der Waals surface area contributed by atoms with Gasteiger partial charge in [-0.05, 0) is 0 Å². The Kier molecular flexibility index (Phi) is 4.13. The molecule has 0 bridgehead atoms. The Balaban J connectivity index is 2.32. The molecule has 0 fully saturated rings. The minimum Gasteiger partial charge on any atom is -0.368 e. The molecular formula is C16H26N4O4. The van der Waals surface area contributed by atoms with Crippen molar-refractivity contribution in [1.82, 2.24) is 10.0 Å². The number of carbonyl (C=O) groups excluding carboxylic acids is 2. The number of carbonyl (C=O) groups is 2. The molecule has 0 radical (unpaired) electrons. The smallest absolute Gasteiger partial charge is 0.336 e. The Morgan fingerprint density at radius 1 is 0.833 bits per heavy atom. The van der Waals surface area contributed by atoms with E-state index < -0.39 is 34.1 Å². The van der Waals surface area contributed by atoms with Gasteiger partial charge in [0.15, 0.2) is 11.4 Å². The van der Waals surface area contributed by atoms with Crippen LogP contribution in [0, 0.1) is 10.8 Å². The summed E-state index contributed by atoms with van der Waals surface area (Å²) in [5.41, 5.74) is -4.64. The second-order valence-electron chi connectivity index (χ2n) is 8.37. The molecule has 8 heteroatoms. The second-order valence-corrected chi connectivity index (χ2v) is 8.37. The van der Waals surface area contributed by atoms with Gasteiger partial charge in [-0.25, -0.2) is 0 Å². The Morgan fingerprint density at radius 2 is 1.12 bits per heavy atom. The monoisotopic (exact) mass is 338 g/mol. The van der Waals surface area contributed by atoms with Crippen molar-refractivity contribution in [2.45, 2.75) is 65.8 Å². The number of rotatable bonds is 0. The van der Waals surface area contributed by atoms with Gasteiger partial charge >= 0.3 is 11.8 Å². The van der Waals surface area contributed by atoms with Crippen molar-refractivity contribution in [3.8, 4) is 0 Å². The minimum absolute atomic E-state index is 0.127. The lowest BCUT2D eigenvalue weighted by Gasteiger charge is -2.43. The molecule has 8 nitrogen and oxygen atoms in total. The zero-order valence-electron chi connectivity index (χ0n) is 15.1. The fourth-order valence-electron chi connectivity index (χ4n) is 2.73. The van der Waals surface area contributed by atoms with Gasteiger partial charge in [0.05, 0.1) is 0 Å². The van der Waals surface area contributed by atoms with E-state index in [0.717, 1.165) is 10.0 Å². The highest BCUT2D eigenvalue weighted by Gasteiger charge is 2.56. The van der Waals surface area contributed by atoms with E-state index in [0.29, 0.717) is 0 Å². The van der Waals surface area contributed by atoms with E-state index in [2.05, 4.69) is 10.2 Å². The maximum Gasteiger partial charge on any atom is 0.336 e. The van der Waals surface area contributed by atoms with E-state index in [-0.39, 0.29) is 12.8 Å². The van der Waals surface area contributed by atoms with E-state index in [4.69, 9.17) is 0 Å². The van der Waals surface area contributed by atoms with Gasteiger partial charge < -0.3 is 10.2 Å². The van der Waals surface area contributed by atoms with Gasteiger partial charge in [0.2, 0.25) is 0 Å². The molecule has 2 heterocycles. The van der Waals surface area contributed by atoms with Crippen LogP contribution in [0.5, 0.6) is 0 Å². The van der Waals surface area contributed by atoms with Crippen molar-refractivity contribution < 1.29 is 19.8 Å².